The molecule has 2 unspecified atom stereocenters. The summed E-state index contributed by atoms with van der Waals surface area (Å²) in [7, 11) is 0. The molecule has 1 heterocycles. The monoisotopic (exact) mass is 346 g/mol. The van der Waals surface area contributed by atoms with E-state index < -0.39 is 6.61 Å². The first-order chi connectivity index (χ1) is 12.0. The average Bonchev–Trinajstić information content (AvgIpc) is 2.90. The van der Waals surface area contributed by atoms with Gasteiger partial charge in [-0.3, -0.25) is 4.90 Å². The van der Waals surface area contributed by atoms with Crippen LogP contribution in [0.15, 0.2) is 48.5 Å². The van der Waals surface area contributed by atoms with Crippen LogP contribution in [0.3, 0.4) is 0 Å². The molecule has 1 aliphatic heterocycles. The van der Waals surface area contributed by atoms with Gasteiger partial charge in [-0.05, 0) is 49.6 Å². The molecular weight excluding hydrogens is 326 g/mol. The Balaban J connectivity index is 1.68. The van der Waals surface area contributed by atoms with Crippen molar-refractivity contribution in [3.63, 3.8) is 0 Å². The van der Waals surface area contributed by atoms with Gasteiger partial charge in [0.25, 0.3) is 0 Å². The highest BCUT2D eigenvalue weighted by Gasteiger charge is 2.31. The van der Waals surface area contributed by atoms with E-state index >= 15 is 0 Å². The number of urea groups is 1. The number of para-hydroxylation sites is 1. The fourth-order valence-corrected chi connectivity index (χ4v) is 3.15. The minimum atomic E-state index is -2.85. The third-order valence-electron chi connectivity index (χ3n) is 4.37. The molecule has 1 N–H and O–H groups in total. The van der Waals surface area contributed by atoms with Crippen LogP contribution >= 0.6 is 0 Å². The van der Waals surface area contributed by atoms with Gasteiger partial charge < -0.3 is 10.1 Å². The minimum Gasteiger partial charge on any atom is -0.435 e. The van der Waals surface area contributed by atoms with Crippen LogP contribution in [0.2, 0.25) is 0 Å². The molecule has 0 aromatic heterocycles. The van der Waals surface area contributed by atoms with Gasteiger partial charge in [0.2, 0.25) is 0 Å². The van der Waals surface area contributed by atoms with Crippen LogP contribution in [0.25, 0.3) is 0 Å². The molecule has 0 saturated carbocycles. The Morgan fingerprint density at radius 2 is 1.88 bits per heavy atom. The number of fused-ring (bicyclic) bond motifs is 1. The molecule has 3 rings (SSSR count). The standard InChI is InChI=1S/C19H20F2N2O2/c1-12-11-15-5-3-4-6-17(15)23(12)19(24)22-13(2)14-7-9-16(10-8-14)25-18(20)21/h3-10,12-13,18H,11H2,1-2H3,(H,22,24). The number of carbonyl (C=O) groups excluding carboxylic acids is 1. The highest BCUT2D eigenvalue weighted by Crippen LogP contribution is 2.32. The van der Waals surface area contributed by atoms with Gasteiger partial charge >= 0.3 is 12.6 Å². The number of anilines is 1. The van der Waals surface area contributed by atoms with Crippen LogP contribution in [0.5, 0.6) is 5.75 Å². The number of amides is 2. The second-order valence-electron chi connectivity index (χ2n) is 6.17. The maximum Gasteiger partial charge on any atom is 0.387 e. The SMILES string of the molecule is CC(NC(=O)N1c2ccccc2CC1C)c1ccc(OC(F)F)cc1. The Morgan fingerprint density at radius 1 is 1.20 bits per heavy atom. The number of hydrogen-bond donors (Lipinski definition) is 1. The van der Waals surface area contributed by atoms with Gasteiger partial charge in [-0.15, -0.1) is 0 Å². The van der Waals surface area contributed by atoms with Gasteiger partial charge in [0.15, 0.2) is 0 Å². The lowest BCUT2D eigenvalue weighted by molar-refractivity contribution is -0.0498. The van der Waals surface area contributed by atoms with Crippen LogP contribution in [-0.4, -0.2) is 18.7 Å². The van der Waals surface area contributed by atoms with Gasteiger partial charge in [-0.2, -0.15) is 8.78 Å². The van der Waals surface area contributed by atoms with Gasteiger partial charge in [-0.25, -0.2) is 4.79 Å². The molecule has 0 bridgehead atoms. The predicted octanol–water partition coefficient (Wildman–Crippen LogP) is 4.51. The van der Waals surface area contributed by atoms with Gasteiger partial charge in [-0.1, -0.05) is 30.3 Å². The highest BCUT2D eigenvalue weighted by atomic mass is 19.3. The molecule has 1 aliphatic rings. The van der Waals surface area contributed by atoms with Crippen molar-refractivity contribution in [3.8, 4) is 5.75 Å². The normalized spacial score (nSPS) is 17.3. The van der Waals surface area contributed by atoms with Crippen molar-refractivity contribution >= 4 is 11.7 Å². The molecule has 0 aliphatic carbocycles. The number of ether oxygens (including phenoxy) is 1. The van der Waals surface area contributed by atoms with Gasteiger partial charge in [0.1, 0.15) is 5.75 Å². The Hall–Kier alpha value is -2.63. The molecule has 25 heavy (non-hydrogen) atoms. The molecule has 0 saturated heterocycles. The molecule has 2 atom stereocenters. The zero-order valence-electron chi connectivity index (χ0n) is 14.1. The molecule has 0 spiro atoms. The van der Waals surface area contributed by atoms with E-state index in [0.29, 0.717) is 0 Å². The highest BCUT2D eigenvalue weighted by molar-refractivity contribution is 5.95. The third kappa shape index (κ3) is 3.73. The summed E-state index contributed by atoms with van der Waals surface area (Å²) in [6.45, 7) is 1.02. The maximum absolute atomic E-state index is 12.7. The lowest BCUT2D eigenvalue weighted by Gasteiger charge is -2.25. The number of hydrogen-bond acceptors (Lipinski definition) is 2. The summed E-state index contributed by atoms with van der Waals surface area (Å²) in [5.74, 6) is 0.0966. The van der Waals surface area contributed by atoms with E-state index in [2.05, 4.69) is 10.1 Å². The zero-order chi connectivity index (χ0) is 18.0. The molecule has 2 aromatic carbocycles. The van der Waals surface area contributed by atoms with Crippen molar-refractivity contribution in [2.75, 3.05) is 4.90 Å². The van der Waals surface area contributed by atoms with Crippen LogP contribution in [-0.2, 0) is 6.42 Å². The van der Waals surface area contributed by atoms with E-state index in [-0.39, 0.29) is 23.9 Å². The van der Waals surface area contributed by atoms with E-state index in [0.717, 1.165) is 23.2 Å². The van der Waals surface area contributed by atoms with Crippen LogP contribution in [0.4, 0.5) is 19.3 Å². The summed E-state index contributed by atoms with van der Waals surface area (Å²) in [5.41, 5.74) is 2.90. The van der Waals surface area contributed by atoms with Gasteiger partial charge in [0, 0.05) is 11.7 Å². The summed E-state index contributed by atoms with van der Waals surface area (Å²) in [4.78, 5) is 14.5. The molecule has 2 aromatic rings. The fourth-order valence-electron chi connectivity index (χ4n) is 3.15. The summed E-state index contributed by atoms with van der Waals surface area (Å²) < 4.78 is 28.7. The van der Waals surface area contributed by atoms with Crippen molar-refractivity contribution in [1.29, 1.82) is 0 Å². The fraction of sp³-hybridized carbons (Fsp3) is 0.316. The lowest BCUT2D eigenvalue weighted by Crippen LogP contribution is -2.44. The molecule has 6 heteroatoms. The first-order valence-electron chi connectivity index (χ1n) is 8.18. The first kappa shape index (κ1) is 17.2. The summed E-state index contributed by atoms with van der Waals surface area (Å²) in [6, 6.07) is 13.8. The second-order valence-corrected chi connectivity index (χ2v) is 6.17. The van der Waals surface area contributed by atoms with E-state index in [4.69, 9.17) is 0 Å². The Kier molecular flexibility index (Phi) is 4.88. The molecule has 0 fully saturated rings. The third-order valence-corrected chi connectivity index (χ3v) is 4.37. The predicted molar refractivity (Wildman–Crippen MR) is 92.1 cm³/mol. The largest absolute Gasteiger partial charge is 0.435 e. The van der Waals surface area contributed by atoms with E-state index in [1.165, 1.54) is 12.1 Å². The number of nitrogens with one attached hydrogen (secondary N) is 1. The number of alkyl halides is 2. The first-order valence-corrected chi connectivity index (χ1v) is 8.18. The van der Waals surface area contributed by atoms with Crippen molar-refractivity contribution < 1.29 is 18.3 Å². The number of carbonyl (C=O) groups is 1. The number of rotatable bonds is 4. The smallest absolute Gasteiger partial charge is 0.387 e. The molecular formula is C19H20F2N2O2. The molecule has 132 valence electrons. The number of halogens is 2. The number of nitrogens with zero attached hydrogens (tertiary/aromatic N) is 1. The maximum atomic E-state index is 12.7. The summed E-state index contributed by atoms with van der Waals surface area (Å²) in [5, 5.41) is 2.97. The van der Waals surface area contributed by atoms with Gasteiger partial charge in [0.05, 0.1) is 6.04 Å². The Labute approximate surface area is 145 Å². The molecule has 0 radical (unpaired) electrons. The molecule has 2 amide bonds. The second kappa shape index (κ2) is 7.09. The van der Waals surface area contributed by atoms with E-state index in [1.807, 2.05) is 38.1 Å². The zero-order valence-corrected chi connectivity index (χ0v) is 14.1. The van der Waals surface area contributed by atoms with E-state index in [9.17, 15) is 13.6 Å². The lowest BCUT2D eigenvalue weighted by atomic mass is 10.1. The Morgan fingerprint density at radius 3 is 2.56 bits per heavy atom. The number of benzene rings is 2. The quantitative estimate of drug-likeness (QED) is 0.885. The van der Waals surface area contributed by atoms with Crippen LogP contribution in [0.1, 0.15) is 31.0 Å². The topological polar surface area (TPSA) is 41.6 Å². The van der Waals surface area contributed by atoms with Crippen LogP contribution in [0, 0.1) is 0 Å². The van der Waals surface area contributed by atoms with Crippen molar-refractivity contribution in [2.45, 2.75) is 39.0 Å². The van der Waals surface area contributed by atoms with Crippen molar-refractivity contribution in [1.82, 2.24) is 5.32 Å². The Bertz CT molecular complexity index is 749. The minimum absolute atomic E-state index is 0.0893. The van der Waals surface area contributed by atoms with Crippen molar-refractivity contribution in [2.24, 2.45) is 0 Å². The van der Waals surface area contributed by atoms with Crippen LogP contribution < -0.4 is 15.0 Å². The van der Waals surface area contributed by atoms with Crippen molar-refractivity contribution in [3.05, 3.63) is 59.7 Å². The van der Waals surface area contributed by atoms with E-state index in [1.54, 1.807) is 17.0 Å². The molecule has 4 nitrogen and oxygen atoms in total. The average molecular weight is 346 g/mol. The summed E-state index contributed by atoms with van der Waals surface area (Å²) in [6.07, 6.45) is 0.831. The summed E-state index contributed by atoms with van der Waals surface area (Å²) >= 11 is 0.